The van der Waals surface area contributed by atoms with Crippen molar-refractivity contribution in [3.8, 4) is 0 Å². The second kappa shape index (κ2) is 7.04. The van der Waals surface area contributed by atoms with Crippen LogP contribution in [0.3, 0.4) is 0 Å². The predicted molar refractivity (Wildman–Crippen MR) is 37.3 cm³/mol. The van der Waals surface area contributed by atoms with E-state index in [1.807, 2.05) is 0 Å². The highest BCUT2D eigenvalue weighted by atomic mass is 32.2. The second-order valence-electron chi connectivity index (χ2n) is 1.54. The fourth-order valence-corrected chi connectivity index (χ4v) is 0. The highest BCUT2D eigenvalue weighted by Crippen LogP contribution is 2.13. The third kappa shape index (κ3) is 22.8. The highest BCUT2D eigenvalue weighted by Gasteiger charge is 2.38. The number of carboxylic acids is 1. The molecule has 0 aliphatic heterocycles. The number of aliphatic carboxylic acids is 1. The van der Waals surface area contributed by atoms with Crippen molar-refractivity contribution in [2.75, 3.05) is 12.5 Å². The summed E-state index contributed by atoms with van der Waals surface area (Å²) in [7, 11) is -0.611. The lowest BCUT2D eigenvalue weighted by molar-refractivity contribution is -0.192. The van der Waals surface area contributed by atoms with Crippen molar-refractivity contribution in [3.05, 3.63) is 0 Å². The lowest BCUT2D eigenvalue weighted by Crippen LogP contribution is -2.21. The summed E-state index contributed by atoms with van der Waals surface area (Å²) in [6.45, 7) is 0. The minimum atomic E-state index is -5.08. The standard InChI is InChI=1S/C2HF3O2.C2H6OS.H2O/c3-2(4,5)1(6)7;1-4(2)3;/h(H,6,7);1-2H3;1H2. The molecule has 0 saturated heterocycles. The number of hydrogen-bond acceptors (Lipinski definition) is 2. The minimum absolute atomic E-state index is 0. The fraction of sp³-hybridized carbons (Fsp3) is 0.750. The smallest absolute Gasteiger partial charge is 0.475 e. The Hall–Kier alpha value is -0.630. The zero-order valence-electron chi connectivity index (χ0n) is 6.31. The quantitative estimate of drug-likeness (QED) is 0.600. The zero-order chi connectivity index (χ0) is 9.65. The molecular formula is C4H9F3O4S. The topological polar surface area (TPSA) is 85.9 Å². The molecule has 0 aliphatic rings. The van der Waals surface area contributed by atoms with Gasteiger partial charge < -0.3 is 10.6 Å². The molecule has 0 spiro atoms. The highest BCUT2D eigenvalue weighted by molar-refractivity contribution is 7.83. The molecule has 4 nitrogen and oxygen atoms in total. The Morgan fingerprint density at radius 3 is 1.42 bits per heavy atom. The van der Waals surface area contributed by atoms with E-state index in [0.29, 0.717) is 0 Å². The number of carbonyl (C=O) groups is 1. The van der Waals surface area contributed by atoms with Gasteiger partial charge in [-0.05, 0) is 0 Å². The van der Waals surface area contributed by atoms with E-state index >= 15 is 0 Å². The Bertz CT molecular complexity index is 151. The molecule has 0 radical (unpaired) electrons. The molecule has 0 aromatic rings. The van der Waals surface area contributed by atoms with Crippen LogP contribution in [0.25, 0.3) is 0 Å². The molecule has 0 atom stereocenters. The van der Waals surface area contributed by atoms with E-state index in [2.05, 4.69) is 0 Å². The molecule has 0 fully saturated rings. The van der Waals surface area contributed by atoms with Crippen LogP contribution in [-0.2, 0) is 15.6 Å². The monoisotopic (exact) mass is 210 g/mol. The Labute approximate surface area is 69.1 Å². The van der Waals surface area contributed by atoms with Crippen LogP contribution in [0.2, 0.25) is 0 Å². The normalized spacial score (nSPS) is 9.50. The lowest BCUT2D eigenvalue weighted by Gasteiger charge is -1.93. The van der Waals surface area contributed by atoms with Crippen molar-refractivity contribution in [1.29, 1.82) is 0 Å². The number of rotatable bonds is 0. The predicted octanol–water partition coefficient (Wildman–Crippen LogP) is -0.197. The lowest BCUT2D eigenvalue weighted by atomic mass is 10.7. The van der Waals surface area contributed by atoms with E-state index < -0.39 is 22.9 Å². The maximum absolute atomic E-state index is 10.6. The summed E-state index contributed by atoms with van der Waals surface area (Å²) >= 11 is 0. The van der Waals surface area contributed by atoms with Gasteiger partial charge in [0, 0.05) is 23.3 Å². The summed E-state index contributed by atoms with van der Waals surface area (Å²) in [4.78, 5) is 8.90. The van der Waals surface area contributed by atoms with E-state index in [4.69, 9.17) is 9.90 Å². The molecule has 3 N–H and O–H groups in total. The van der Waals surface area contributed by atoms with Gasteiger partial charge in [0.05, 0.1) is 0 Å². The molecule has 0 unspecified atom stereocenters. The van der Waals surface area contributed by atoms with Crippen LogP contribution in [0.5, 0.6) is 0 Å². The van der Waals surface area contributed by atoms with Crippen LogP contribution in [0, 0.1) is 0 Å². The summed E-state index contributed by atoms with van der Waals surface area (Å²) < 4.78 is 41.3. The van der Waals surface area contributed by atoms with Gasteiger partial charge in [-0.15, -0.1) is 0 Å². The molecule has 0 saturated carbocycles. The van der Waals surface area contributed by atoms with Crippen LogP contribution in [-0.4, -0.2) is 39.4 Å². The first-order chi connectivity index (χ1) is 4.68. The summed E-state index contributed by atoms with van der Waals surface area (Å²) in [5, 5.41) is 7.12. The van der Waals surface area contributed by atoms with E-state index in [-0.39, 0.29) is 5.48 Å². The summed E-state index contributed by atoms with van der Waals surface area (Å²) in [5.41, 5.74) is 0. The van der Waals surface area contributed by atoms with Crippen LogP contribution in [0.1, 0.15) is 0 Å². The van der Waals surface area contributed by atoms with Crippen molar-refractivity contribution in [3.63, 3.8) is 0 Å². The van der Waals surface area contributed by atoms with E-state index in [0.717, 1.165) is 0 Å². The van der Waals surface area contributed by atoms with Gasteiger partial charge >= 0.3 is 12.1 Å². The Morgan fingerprint density at radius 2 is 1.42 bits per heavy atom. The van der Waals surface area contributed by atoms with Gasteiger partial charge in [0.2, 0.25) is 0 Å². The largest absolute Gasteiger partial charge is 0.490 e. The van der Waals surface area contributed by atoms with E-state index in [1.54, 1.807) is 12.5 Å². The Morgan fingerprint density at radius 1 is 1.33 bits per heavy atom. The van der Waals surface area contributed by atoms with Crippen molar-refractivity contribution in [2.45, 2.75) is 6.18 Å². The van der Waals surface area contributed by atoms with Crippen molar-refractivity contribution >= 4 is 16.8 Å². The average Bonchev–Trinajstić information content (AvgIpc) is 1.59. The zero-order valence-corrected chi connectivity index (χ0v) is 7.12. The van der Waals surface area contributed by atoms with Crippen LogP contribution in [0.15, 0.2) is 0 Å². The molecule has 0 heterocycles. The van der Waals surface area contributed by atoms with E-state index in [1.165, 1.54) is 0 Å². The number of alkyl halides is 3. The first kappa shape index (κ1) is 17.5. The molecule has 12 heavy (non-hydrogen) atoms. The van der Waals surface area contributed by atoms with Crippen molar-refractivity contribution < 1.29 is 32.8 Å². The molecule has 0 amide bonds. The minimum Gasteiger partial charge on any atom is -0.475 e. The molecule has 0 rings (SSSR count). The van der Waals surface area contributed by atoms with Gasteiger partial charge in [-0.2, -0.15) is 13.2 Å². The van der Waals surface area contributed by atoms with E-state index in [9.17, 15) is 17.4 Å². The molecular weight excluding hydrogens is 201 g/mol. The van der Waals surface area contributed by atoms with Gasteiger partial charge in [0.25, 0.3) is 0 Å². The third-order valence-electron chi connectivity index (χ3n) is 0.243. The first-order valence-electron chi connectivity index (χ1n) is 2.23. The van der Waals surface area contributed by atoms with Gasteiger partial charge in [0.15, 0.2) is 0 Å². The van der Waals surface area contributed by atoms with Crippen molar-refractivity contribution in [2.24, 2.45) is 0 Å². The SMILES string of the molecule is CS(C)=O.O.O=C(O)C(F)(F)F. The molecule has 0 aliphatic carbocycles. The van der Waals surface area contributed by atoms with Crippen molar-refractivity contribution in [1.82, 2.24) is 0 Å². The summed E-state index contributed by atoms with van der Waals surface area (Å²) in [5.74, 6) is -2.76. The van der Waals surface area contributed by atoms with Gasteiger partial charge in [-0.1, -0.05) is 0 Å². The summed E-state index contributed by atoms with van der Waals surface area (Å²) in [6.07, 6.45) is -1.81. The third-order valence-corrected chi connectivity index (χ3v) is 0.243. The van der Waals surface area contributed by atoms with Crippen LogP contribution in [0.4, 0.5) is 13.2 Å². The van der Waals surface area contributed by atoms with Gasteiger partial charge in [-0.3, -0.25) is 4.21 Å². The number of carboxylic acid groups (broad SMARTS) is 1. The average molecular weight is 210 g/mol. The Balaban J connectivity index is -0.000000142. The Kier molecular flexibility index (Phi) is 10.2. The fourth-order valence-electron chi connectivity index (χ4n) is 0. The van der Waals surface area contributed by atoms with Crippen LogP contribution >= 0.6 is 0 Å². The molecule has 76 valence electrons. The molecule has 8 heteroatoms. The maximum atomic E-state index is 10.6. The van der Waals surface area contributed by atoms with Gasteiger partial charge in [-0.25, -0.2) is 4.79 Å². The van der Waals surface area contributed by atoms with Crippen LogP contribution < -0.4 is 0 Å². The number of hydrogen-bond donors (Lipinski definition) is 1. The van der Waals surface area contributed by atoms with Gasteiger partial charge in [0.1, 0.15) is 0 Å². The first-order valence-corrected chi connectivity index (χ1v) is 4.19. The number of halogens is 3. The maximum Gasteiger partial charge on any atom is 0.490 e. The molecule has 0 aromatic carbocycles. The second-order valence-corrected chi connectivity index (χ2v) is 3.03. The molecule has 0 bridgehead atoms. The summed E-state index contributed by atoms with van der Waals surface area (Å²) in [6, 6.07) is 0. The molecule has 0 aromatic heterocycles.